The molecule has 1 N–H and O–H groups in total. The van der Waals surface area contributed by atoms with Crippen LogP contribution in [0.2, 0.25) is 0 Å². The molecule has 2 aromatic heterocycles. The molecule has 21 heavy (non-hydrogen) atoms. The standard InChI is InChI=1S/C15H15N5S/c1-16-13-8-14(19-15(18-13)21-2)20-10-12(9-17-20)11-6-4-3-5-7-11/h3-10H,1-2H3,(H,16,18,19). The summed E-state index contributed by atoms with van der Waals surface area (Å²) < 4.78 is 1.77. The van der Waals surface area contributed by atoms with Gasteiger partial charge in [-0.25, -0.2) is 14.6 Å². The van der Waals surface area contributed by atoms with E-state index in [2.05, 4.69) is 32.5 Å². The van der Waals surface area contributed by atoms with Crippen molar-refractivity contribution in [3.05, 3.63) is 48.8 Å². The molecule has 3 rings (SSSR count). The number of anilines is 1. The second-order valence-corrected chi connectivity index (χ2v) is 5.16. The predicted octanol–water partition coefficient (Wildman–Crippen LogP) is 3.09. The molecule has 6 heteroatoms. The number of hydrogen-bond acceptors (Lipinski definition) is 5. The number of hydrogen-bond donors (Lipinski definition) is 1. The first kappa shape index (κ1) is 13.6. The van der Waals surface area contributed by atoms with Crippen LogP contribution >= 0.6 is 11.8 Å². The lowest BCUT2D eigenvalue weighted by Crippen LogP contribution is -2.03. The Morgan fingerprint density at radius 2 is 1.90 bits per heavy atom. The zero-order chi connectivity index (χ0) is 14.7. The maximum Gasteiger partial charge on any atom is 0.191 e. The number of aromatic nitrogens is 4. The van der Waals surface area contributed by atoms with Crippen LogP contribution < -0.4 is 5.32 Å². The van der Waals surface area contributed by atoms with Gasteiger partial charge >= 0.3 is 0 Å². The summed E-state index contributed by atoms with van der Waals surface area (Å²) in [5.74, 6) is 1.53. The summed E-state index contributed by atoms with van der Waals surface area (Å²) in [4.78, 5) is 8.85. The van der Waals surface area contributed by atoms with Crippen molar-refractivity contribution in [3.8, 4) is 16.9 Å². The minimum Gasteiger partial charge on any atom is -0.373 e. The van der Waals surface area contributed by atoms with Gasteiger partial charge in [0.25, 0.3) is 0 Å². The highest BCUT2D eigenvalue weighted by atomic mass is 32.2. The number of nitrogens with zero attached hydrogens (tertiary/aromatic N) is 4. The average Bonchev–Trinajstić information content (AvgIpc) is 3.05. The van der Waals surface area contributed by atoms with Gasteiger partial charge in [-0.3, -0.25) is 0 Å². The van der Waals surface area contributed by atoms with E-state index < -0.39 is 0 Å². The minimum absolute atomic E-state index is 0.716. The van der Waals surface area contributed by atoms with Crippen LogP contribution in [0.4, 0.5) is 5.82 Å². The van der Waals surface area contributed by atoms with Gasteiger partial charge in [0, 0.05) is 24.9 Å². The first-order chi connectivity index (χ1) is 10.3. The van der Waals surface area contributed by atoms with E-state index in [0.29, 0.717) is 5.16 Å². The molecule has 0 unspecified atom stereocenters. The third-order valence-electron chi connectivity index (χ3n) is 3.06. The van der Waals surface area contributed by atoms with Gasteiger partial charge in [-0.2, -0.15) is 5.10 Å². The number of thioether (sulfide) groups is 1. The molecule has 1 aromatic carbocycles. The van der Waals surface area contributed by atoms with Gasteiger partial charge < -0.3 is 5.32 Å². The topological polar surface area (TPSA) is 55.6 Å². The van der Waals surface area contributed by atoms with Crippen LogP contribution in [-0.2, 0) is 0 Å². The van der Waals surface area contributed by atoms with Crippen molar-refractivity contribution in [1.29, 1.82) is 0 Å². The molecule has 0 fully saturated rings. The SMILES string of the molecule is CNc1cc(-n2cc(-c3ccccc3)cn2)nc(SC)n1. The zero-order valence-electron chi connectivity index (χ0n) is 11.8. The molecule has 0 saturated carbocycles. The Hall–Kier alpha value is -2.34. The van der Waals surface area contributed by atoms with Gasteiger partial charge in [-0.1, -0.05) is 42.1 Å². The highest BCUT2D eigenvalue weighted by Gasteiger charge is 2.07. The molecular weight excluding hydrogens is 282 g/mol. The van der Waals surface area contributed by atoms with Crippen molar-refractivity contribution in [1.82, 2.24) is 19.7 Å². The number of nitrogens with one attached hydrogen (secondary N) is 1. The maximum atomic E-state index is 4.49. The summed E-state index contributed by atoms with van der Waals surface area (Å²) in [6.45, 7) is 0. The van der Waals surface area contributed by atoms with Crippen LogP contribution in [0, 0.1) is 0 Å². The van der Waals surface area contributed by atoms with E-state index in [1.807, 2.05) is 50.0 Å². The first-order valence-electron chi connectivity index (χ1n) is 6.51. The summed E-state index contributed by atoms with van der Waals surface area (Å²) >= 11 is 1.51. The van der Waals surface area contributed by atoms with Crippen molar-refractivity contribution < 1.29 is 0 Å². The molecule has 0 aliphatic rings. The van der Waals surface area contributed by atoms with Crippen LogP contribution in [0.3, 0.4) is 0 Å². The summed E-state index contributed by atoms with van der Waals surface area (Å²) in [6, 6.07) is 12.0. The smallest absolute Gasteiger partial charge is 0.191 e. The molecule has 0 aliphatic carbocycles. The Morgan fingerprint density at radius 3 is 2.62 bits per heavy atom. The van der Waals surface area contributed by atoms with E-state index in [1.165, 1.54) is 11.8 Å². The highest BCUT2D eigenvalue weighted by Crippen LogP contribution is 2.21. The zero-order valence-corrected chi connectivity index (χ0v) is 12.6. The predicted molar refractivity (Wildman–Crippen MR) is 85.9 cm³/mol. The molecule has 0 bridgehead atoms. The summed E-state index contributed by atoms with van der Waals surface area (Å²) in [7, 11) is 1.84. The van der Waals surface area contributed by atoms with E-state index in [0.717, 1.165) is 22.8 Å². The lowest BCUT2D eigenvalue weighted by molar-refractivity contribution is 0.809. The molecule has 0 saturated heterocycles. The lowest BCUT2D eigenvalue weighted by Gasteiger charge is -2.06. The van der Waals surface area contributed by atoms with Gasteiger partial charge in [0.05, 0.1) is 6.20 Å². The summed E-state index contributed by atoms with van der Waals surface area (Å²) in [6.07, 6.45) is 5.77. The second-order valence-electron chi connectivity index (χ2n) is 4.39. The van der Waals surface area contributed by atoms with E-state index >= 15 is 0 Å². The minimum atomic E-state index is 0.716. The van der Waals surface area contributed by atoms with E-state index in [-0.39, 0.29) is 0 Å². The van der Waals surface area contributed by atoms with Crippen molar-refractivity contribution in [3.63, 3.8) is 0 Å². The van der Waals surface area contributed by atoms with Crippen molar-refractivity contribution in [2.24, 2.45) is 0 Å². The molecule has 3 aromatic rings. The van der Waals surface area contributed by atoms with Crippen LogP contribution in [0.15, 0.2) is 53.9 Å². The number of benzene rings is 1. The van der Waals surface area contributed by atoms with E-state index in [1.54, 1.807) is 4.68 Å². The van der Waals surface area contributed by atoms with Gasteiger partial charge in [-0.15, -0.1) is 0 Å². The van der Waals surface area contributed by atoms with Gasteiger partial charge in [0.2, 0.25) is 0 Å². The monoisotopic (exact) mass is 297 g/mol. The highest BCUT2D eigenvalue weighted by molar-refractivity contribution is 7.98. The third-order valence-corrected chi connectivity index (χ3v) is 3.60. The third kappa shape index (κ3) is 2.90. The largest absolute Gasteiger partial charge is 0.373 e. The molecule has 0 amide bonds. The molecule has 0 radical (unpaired) electrons. The Morgan fingerprint density at radius 1 is 1.10 bits per heavy atom. The maximum absolute atomic E-state index is 4.49. The van der Waals surface area contributed by atoms with Gasteiger partial charge in [0.1, 0.15) is 5.82 Å². The van der Waals surface area contributed by atoms with E-state index in [4.69, 9.17) is 0 Å². The quantitative estimate of drug-likeness (QED) is 0.592. The molecule has 5 nitrogen and oxygen atoms in total. The lowest BCUT2D eigenvalue weighted by atomic mass is 10.1. The van der Waals surface area contributed by atoms with Crippen molar-refractivity contribution >= 4 is 17.6 Å². The normalized spacial score (nSPS) is 10.6. The molecule has 2 heterocycles. The van der Waals surface area contributed by atoms with Crippen LogP contribution in [0.25, 0.3) is 16.9 Å². The number of rotatable bonds is 4. The summed E-state index contributed by atoms with van der Waals surface area (Å²) in [5.41, 5.74) is 2.20. The fourth-order valence-electron chi connectivity index (χ4n) is 1.98. The molecule has 106 valence electrons. The Balaban J connectivity index is 2.00. The Kier molecular flexibility index (Phi) is 3.87. The molecule has 0 aliphatic heterocycles. The summed E-state index contributed by atoms with van der Waals surface area (Å²) in [5, 5.41) is 8.16. The van der Waals surface area contributed by atoms with Crippen molar-refractivity contribution in [2.45, 2.75) is 5.16 Å². The fourth-order valence-corrected chi connectivity index (χ4v) is 2.35. The van der Waals surface area contributed by atoms with E-state index in [9.17, 15) is 0 Å². The fraction of sp³-hybridized carbons (Fsp3) is 0.133. The van der Waals surface area contributed by atoms with Crippen LogP contribution in [-0.4, -0.2) is 33.1 Å². The molecular formula is C15H15N5S. The Bertz CT molecular complexity index is 717. The van der Waals surface area contributed by atoms with Gasteiger partial charge in [-0.05, 0) is 11.8 Å². The van der Waals surface area contributed by atoms with Gasteiger partial charge in [0.15, 0.2) is 11.0 Å². The second kappa shape index (κ2) is 5.97. The Labute approximate surface area is 127 Å². The van der Waals surface area contributed by atoms with Crippen LogP contribution in [0.1, 0.15) is 0 Å². The average molecular weight is 297 g/mol. The molecule has 0 spiro atoms. The van der Waals surface area contributed by atoms with Crippen molar-refractivity contribution in [2.75, 3.05) is 18.6 Å². The van der Waals surface area contributed by atoms with Crippen LogP contribution in [0.5, 0.6) is 0 Å². The molecule has 0 atom stereocenters. The first-order valence-corrected chi connectivity index (χ1v) is 7.74.